The molecule has 1 aromatic carbocycles. The largest absolute Gasteiger partial charge is 0.324 e. The molecule has 3 heteroatoms. The van der Waals surface area contributed by atoms with Gasteiger partial charge in [-0.3, -0.25) is 4.79 Å². The molecule has 70 valence electrons. The van der Waals surface area contributed by atoms with Crippen LogP contribution in [0.25, 0.3) is 0 Å². The molecule has 0 spiro atoms. The van der Waals surface area contributed by atoms with E-state index in [1.807, 2.05) is 26.0 Å². The van der Waals surface area contributed by atoms with Gasteiger partial charge in [0.05, 0.1) is 6.54 Å². The number of ketones is 1. The number of hydrogen-bond acceptors (Lipinski definition) is 2. The second-order valence-corrected chi connectivity index (χ2v) is 3.84. The Bertz CT molecular complexity index is 324. The van der Waals surface area contributed by atoms with E-state index in [9.17, 15) is 4.79 Å². The maximum atomic E-state index is 11.3. The lowest BCUT2D eigenvalue weighted by atomic mass is 10.0. The minimum absolute atomic E-state index is 0.0151. The molecule has 13 heavy (non-hydrogen) atoms. The second kappa shape index (κ2) is 4.03. The lowest BCUT2D eigenvalue weighted by Crippen LogP contribution is -2.13. The molecule has 0 heterocycles. The first-order valence-corrected chi connectivity index (χ1v) is 4.85. The quantitative estimate of drug-likeness (QED) is 0.808. The highest BCUT2D eigenvalue weighted by Gasteiger charge is 2.07. The molecule has 2 nitrogen and oxygen atoms in total. The summed E-state index contributed by atoms with van der Waals surface area (Å²) < 4.78 is 1.06. The van der Waals surface area contributed by atoms with Crippen LogP contribution in [0.2, 0.25) is 0 Å². The van der Waals surface area contributed by atoms with Crippen molar-refractivity contribution in [2.45, 2.75) is 13.8 Å². The number of Topliss-reactive ketones (excluding diaryl/α,β-unsaturated/α-hetero) is 1. The van der Waals surface area contributed by atoms with E-state index in [1.165, 1.54) is 0 Å². The Kier molecular flexibility index (Phi) is 3.22. The van der Waals surface area contributed by atoms with E-state index in [-0.39, 0.29) is 12.3 Å². The molecule has 0 unspecified atom stereocenters. The van der Waals surface area contributed by atoms with E-state index in [0.717, 1.165) is 15.6 Å². The lowest BCUT2D eigenvalue weighted by molar-refractivity contribution is 0.100. The van der Waals surface area contributed by atoms with Gasteiger partial charge in [0, 0.05) is 10.0 Å². The Morgan fingerprint density at radius 1 is 1.38 bits per heavy atom. The van der Waals surface area contributed by atoms with Crippen molar-refractivity contribution < 1.29 is 4.79 Å². The molecule has 0 aliphatic heterocycles. The number of halogens is 1. The van der Waals surface area contributed by atoms with E-state index in [1.54, 1.807) is 0 Å². The van der Waals surface area contributed by atoms with Gasteiger partial charge in [0.15, 0.2) is 5.78 Å². The Morgan fingerprint density at radius 2 is 1.85 bits per heavy atom. The van der Waals surface area contributed by atoms with Crippen LogP contribution < -0.4 is 5.73 Å². The third-order valence-corrected chi connectivity index (χ3v) is 3.19. The van der Waals surface area contributed by atoms with Crippen LogP contribution in [0.15, 0.2) is 16.6 Å². The van der Waals surface area contributed by atoms with Crippen LogP contribution in [0.4, 0.5) is 0 Å². The monoisotopic (exact) mass is 241 g/mol. The van der Waals surface area contributed by atoms with Gasteiger partial charge in [-0.05, 0) is 37.1 Å². The Morgan fingerprint density at radius 3 is 2.23 bits per heavy atom. The van der Waals surface area contributed by atoms with Crippen LogP contribution in [0.3, 0.4) is 0 Å². The molecular weight excluding hydrogens is 230 g/mol. The van der Waals surface area contributed by atoms with Gasteiger partial charge in [-0.1, -0.05) is 15.9 Å². The smallest absolute Gasteiger partial charge is 0.176 e. The molecular formula is C10H12BrNO. The number of carbonyl (C=O) groups excluding carboxylic acids is 1. The van der Waals surface area contributed by atoms with Crippen LogP contribution >= 0.6 is 15.9 Å². The zero-order valence-corrected chi connectivity index (χ0v) is 9.31. The van der Waals surface area contributed by atoms with Crippen molar-refractivity contribution in [3.05, 3.63) is 33.3 Å². The van der Waals surface area contributed by atoms with E-state index < -0.39 is 0 Å². The molecule has 0 atom stereocenters. The fraction of sp³-hybridized carbons (Fsp3) is 0.300. The SMILES string of the molecule is Cc1cc(C(=O)CN)cc(C)c1Br. The molecule has 0 aliphatic rings. The van der Waals surface area contributed by atoms with Crippen LogP contribution in [0.1, 0.15) is 21.5 Å². The maximum Gasteiger partial charge on any atom is 0.176 e. The maximum absolute atomic E-state index is 11.3. The van der Waals surface area contributed by atoms with Crippen molar-refractivity contribution in [3.8, 4) is 0 Å². The summed E-state index contributed by atoms with van der Waals surface area (Å²) in [6.45, 7) is 4.00. The zero-order chi connectivity index (χ0) is 10.0. The minimum Gasteiger partial charge on any atom is -0.324 e. The Balaban J connectivity index is 3.20. The van der Waals surface area contributed by atoms with Crippen molar-refractivity contribution in [3.63, 3.8) is 0 Å². The van der Waals surface area contributed by atoms with E-state index >= 15 is 0 Å². The van der Waals surface area contributed by atoms with Gasteiger partial charge in [0.2, 0.25) is 0 Å². The van der Waals surface area contributed by atoms with Gasteiger partial charge in [0.25, 0.3) is 0 Å². The number of rotatable bonds is 2. The van der Waals surface area contributed by atoms with Crippen molar-refractivity contribution in [2.24, 2.45) is 5.73 Å². The third-order valence-electron chi connectivity index (χ3n) is 1.94. The van der Waals surface area contributed by atoms with Gasteiger partial charge in [-0.2, -0.15) is 0 Å². The van der Waals surface area contributed by atoms with E-state index in [4.69, 9.17) is 5.73 Å². The topological polar surface area (TPSA) is 43.1 Å². The molecule has 0 radical (unpaired) electrons. The molecule has 0 saturated heterocycles. The summed E-state index contributed by atoms with van der Waals surface area (Å²) in [6, 6.07) is 3.71. The third kappa shape index (κ3) is 2.17. The summed E-state index contributed by atoms with van der Waals surface area (Å²) >= 11 is 3.44. The number of hydrogen-bond donors (Lipinski definition) is 1. The number of carbonyl (C=O) groups is 1. The number of aryl methyl sites for hydroxylation is 2. The van der Waals surface area contributed by atoms with Gasteiger partial charge < -0.3 is 5.73 Å². The molecule has 0 saturated carbocycles. The predicted octanol–water partition coefficient (Wildman–Crippen LogP) is 2.21. The Hall–Kier alpha value is -0.670. The molecule has 1 aromatic rings. The molecule has 0 bridgehead atoms. The second-order valence-electron chi connectivity index (χ2n) is 3.05. The van der Waals surface area contributed by atoms with Crippen LogP contribution in [-0.2, 0) is 0 Å². The molecule has 0 aliphatic carbocycles. The van der Waals surface area contributed by atoms with E-state index in [2.05, 4.69) is 15.9 Å². The van der Waals surface area contributed by atoms with Gasteiger partial charge in [-0.15, -0.1) is 0 Å². The van der Waals surface area contributed by atoms with Gasteiger partial charge in [-0.25, -0.2) is 0 Å². The lowest BCUT2D eigenvalue weighted by Gasteiger charge is -2.05. The molecule has 1 rings (SSSR count). The van der Waals surface area contributed by atoms with Gasteiger partial charge >= 0.3 is 0 Å². The summed E-state index contributed by atoms with van der Waals surface area (Å²) in [5.41, 5.74) is 8.11. The first kappa shape index (κ1) is 10.4. The summed E-state index contributed by atoms with van der Waals surface area (Å²) in [5, 5.41) is 0. The number of benzene rings is 1. The highest BCUT2D eigenvalue weighted by Crippen LogP contribution is 2.22. The van der Waals surface area contributed by atoms with Crippen molar-refractivity contribution in [1.82, 2.24) is 0 Å². The highest BCUT2D eigenvalue weighted by molar-refractivity contribution is 9.10. The van der Waals surface area contributed by atoms with Crippen molar-refractivity contribution in [2.75, 3.05) is 6.54 Å². The molecule has 0 fully saturated rings. The molecule has 0 aromatic heterocycles. The average molecular weight is 242 g/mol. The number of nitrogens with two attached hydrogens (primary N) is 1. The summed E-state index contributed by atoms with van der Waals surface area (Å²) in [4.78, 5) is 11.3. The average Bonchev–Trinajstić information content (AvgIpc) is 2.12. The van der Waals surface area contributed by atoms with Crippen molar-refractivity contribution in [1.29, 1.82) is 0 Å². The highest BCUT2D eigenvalue weighted by atomic mass is 79.9. The molecule has 2 N–H and O–H groups in total. The predicted molar refractivity (Wildman–Crippen MR) is 57.0 cm³/mol. The molecule has 0 amide bonds. The summed E-state index contributed by atoms with van der Waals surface area (Å²) in [7, 11) is 0. The minimum atomic E-state index is -0.0151. The zero-order valence-electron chi connectivity index (χ0n) is 7.73. The van der Waals surface area contributed by atoms with E-state index in [0.29, 0.717) is 5.56 Å². The van der Waals surface area contributed by atoms with Crippen LogP contribution in [0.5, 0.6) is 0 Å². The fourth-order valence-corrected chi connectivity index (χ4v) is 1.45. The standard InChI is InChI=1S/C10H12BrNO/c1-6-3-8(9(13)5-12)4-7(2)10(6)11/h3-4H,5,12H2,1-2H3. The summed E-state index contributed by atoms with van der Waals surface area (Å²) in [6.07, 6.45) is 0. The van der Waals surface area contributed by atoms with Crippen LogP contribution in [0, 0.1) is 13.8 Å². The Labute approximate surface area is 86.3 Å². The van der Waals surface area contributed by atoms with Crippen molar-refractivity contribution >= 4 is 21.7 Å². The summed E-state index contributed by atoms with van der Waals surface area (Å²) in [5.74, 6) is -0.0151. The first-order valence-electron chi connectivity index (χ1n) is 4.06. The first-order chi connectivity index (χ1) is 6.06. The van der Waals surface area contributed by atoms with Crippen LogP contribution in [-0.4, -0.2) is 12.3 Å². The fourth-order valence-electron chi connectivity index (χ4n) is 1.22. The van der Waals surface area contributed by atoms with Gasteiger partial charge in [0.1, 0.15) is 0 Å². The normalized spacial score (nSPS) is 10.2.